The van der Waals surface area contributed by atoms with Gasteiger partial charge in [-0.1, -0.05) is 34.6 Å². The maximum atomic E-state index is 13.6. The number of carbonyl (C=O) groups excluding carboxylic acids is 4. The number of carbonyl (C=O) groups is 4. The summed E-state index contributed by atoms with van der Waals surface area (Å²) in [5, 5.41) is 16.6. The number of anilines is 1. The summed E-state index contributed by atoms with van der Waals surface area (Å²) in [7, 11) is 0. The highest BCUT2D eigenvalue weighted by Gasteiger charge is 2.70. The number of likely N-dealkylation sites (tertiary alicyclic amines) is 1. The van der Waals surface area contributed by atoms with Crippen LogP contribution in [0.1, 0.15) is 41.0 Å². The molecular formula is C27H31F4N5O5. The van der Waals surface area contributed by atoms with Crippen LogP contribution in [-0.4, -0.2) is 65.5 Å². The number of rotatable bonds is 6. The Hall–Kier alpha value is -3.89. The first-order valence-electron chi connectivity index (χ1n) is 13.0. The molecule has 1 saturated carbocycles. The van der Waals surface area contributed by atoms with Gasteiger partial charge < -0.3 is 25.6 Å². The average molecular weight is 582 g/mol. The SMILES string of the molecule is CC(C)(C)[C@H](NC(=O)C(F)(F)F)C(=O)N1C[C@H]2[C@@H]([C@H]1C(=O)N[C@H](C#N)C[C@@H]1Oc3cc(F)ccc3NC1=O)C2(C)C. The van der Waals surface area contributed by atoms with Crippen molar-refractivity contribution in [3.63, 3.8) is 0 Å². The Labute approximate surface area is 233 Å². The van der Waals surface area contributed by atoms with Crippen LogP contribution in [0.5, 0.6) is 5.75 Å². The summed E-state index contributed by atoms with van der Waals surface area (Å²) < 4.78 is 58.3. The molecule has 0 radical (unpaired) electrons. The van der Waals surface area contributed by atoms with Crippen LogP contribution in [0.2, 0.25) is 0 Å². The molecule has 0 unspecified atom stereocenters. The summed E-state index contributed by atoms with van der Waals surface area (Å²) in [6.45, 7) is 8.36. The third-order valence-corrected chi connectivity index (χ3v) is 8.09. The predicted octanol–water partition coefficient (Wildman–Crippen LogP) is 2.50. The van der Waals surface area contributed by atoms with E-state index in [0.29, 0.717) is 0 Å². The molecule has 41 heavy (non-hydrogen) atoms. The van der Waals surface area contributed by atoms with Gasteiger partial charge in [-0.05, 0) is 34.8 Å². The number of halogens is 4. The molecule has 10 nitrogen and oxygen atoms in total. The number of hydrogen-bond donors (Lipinski definition) is 3. The molecule has 222 valence electrons. The van der Waals surface area contributed by atoms with Gasteiger partial charge in [-0.25, -0.2) is 4.39 Å². The highest BCUT2D eigenvalue weighted by Crippen LogP contribution is 2.65. The van der Waals surface area contributed by atoms with Gasteiger partial charge >= 0.3 is 12.1 Å². The summed E-state index contributed by atoms with van der Waals surface area (Å²) in [5.41, 5.74) is -1.23. The Bertz CT molecular complexity index is 1320. The number of alkyl halides is 3. The van der Waals surface area contributed by atoms with Gasteiger partial charge in [0.25, 0.3) is 5.91 Å². The third-order valence-electron chi connectivity index (χ3n) is 8.09. The number of fused-ring (bicyclic) bond motifs is 2. The summed E-state index contributed by atoms with van der Waals surface area (Å²) in [6.07, 6.45) is -6.74. The van der Waals surface area contributed by atoms with Crippen LogP contribution in [0.25, 0.3) is 0 Å². The van der Waals surface area contributed by atoms with Crippen molar-refractivity contribution in [2.75, 3.05) is 11.9 Å². The monoisotopic (exact) mass is 581 g/mol. The van der Waals surface area contributed by atoms with E-state index < -0.39 is 65.3 Å². The van der Waals surface area contributed by atoms with E-state index >= 15 is 0 Å². The number of amides is 4. The Kier molecular flexibility index (Phi) is 7.47. The Balaban J connectivity index is 1.52. The number of piperidine rings is 1. The number of nitriles is 1. The molecule has 14 heteroatoms. The average Bonchev–Trinajstić information content (AvgIpc) is 3.19. The van der Waals surface area contributed by atoms with E-state index in [9.17, 15) is 42.0 Å². The molecule has 3 N–H and O–H groups in total. The Morgan fingerprint density at radius 1 is 1.22 bits per heavy atom. The van der Waals surface area contributed by atoms with Crippen LogP contribution < -0.4 is 20.7 Å². The van der Waals surface area contributed by atoms with Gasteiger partial charge in [-0.2, -0.15) is 18.4 Å². The van der Waals surface area contributed by atoms with Crippen molar-refractivity contribution in [2.45, 2.75) is 71.4 Å². The molecule has 4 amide bonds. The van der Waals surface area contributed by atoms with Crippen LogP contribution in [0.15, 0.2) is 18.2 Å². The fraction of sp³-hybridized carbons (Fsp3) is 0.593. The van der Waals surface area contributed by atoms with Crippen LogP contribution in [0, 0.1) is 39.8 Å². The van der Waals surface area contributed by atoms with E-state index in [-0.39, 0.29) is 41.7 Å². The molecule has 0 bridgehead atoms. The molecule has 1 aromatic carbocycles. The van der Waals surface area contributed by atoms with Gasteiger partial charge in [0.1, 0.15) is 29.7 Å². The Morgan fingerprint density at radius 3 is 2.46 bits per heavy atom. The lowest BCUT2D eigenvalue weighted by molar-refractivity contribution is -0.176. The van der Waals surface area contributed by atoms with Crippen molar-refractivity contribution in [3.8, 4) is 11.8 Å². The van der Waals surface area contributed by atoms with Crippen molar-refractivity contribution in [1.29, 1.82) is 5.26 Å². The van der Waals surface area contributed by atoms with Crippen molar-refractivity contribution < 1.29 is 41.5 Å². The molecule has 0 aromatic heterocycles. The number of benzene rings is 1. The van der Waals surface area contributed by atoms with E-state index in [1.807, 2.05) is 19.9 Å². The molecule has 3 aliphatic rings. The van der Waals surface area contributed by atoms with Gasteiger partial charge in [0.2, 0.25) is 11.8 Å². The maximum absolute atomic E-state index is 13.6. The van der Waals surface area contributed by atoms with Crippen molar-refractivity contribution in [2.24, 2.45) is 22.7 Å². The first-order chi connectivity index (χ1) is 18.9. The van der Waals surface area contributed by atoms with E-state index in [0.717, 1.165) is 12.1 Å². The minimum absolute atomic E-state index is 0.0573. The van der Waals surface area contributed by atoms with Gasteiger partial charge in [0.05, 0.1) is 11.8 Å². The summed E-state index contributed by atoms with van der Waals surface area (Å²) in [6, 6.07) is 1.46. The van der Waals surface area contributed by atoms with Gasteiger partial charge in [0, 0.05) is 19.0 Å². The number of nitrogens with zero attached hydrogens (tertiary/aromatic N) is 2. The van der Waals surface area contributed by atoms with Gasteiger partial charge in [-0.3, -0.25) is 19.2 Å². The molecule has 2 heterocycles. The zero-order chi connectivity index (χ0) is 30.7. The van der Waals surface area contributed by atoms with E-state index in [4.69, 9.17) is 4.74 Å². The molecule has 1 aromatic rings. The fourth-order valence-electron chi connectivity index (χ4n) is 5.73. The third kappa shape index (κ3) is 5.80. The second-order valence-corrected chi connectivity index (χ2v) is 12.3. The van der Waals surface area contributed by atoms with E-state index in [1.165, 1.54) is 31.7 Å². The maximum Gasteiger partial charge on any atom is 0.471 e. The van der Waals surface area contributed by atoms with Crippen LogP contribution >= 0.6 is 0 Å². The fourth-order valence-corrected chi connectivity index (χ4v) is 5.73. The number of ether oxygens (including phenoxy) is 1. The highest BCUT2D eigenvalue weighted by atomic mass is 19.4. The lowest BCUT2D eigenvalue weighted by atomic mass is 9.85. The number of nitrogens with one attached hydrogen (secondary N) is 3. The molecule has 0 spiro atoms. The van der Waals surface area contributed by atoms with E-state index in [1.54, 1.807) is 5.32 Å². The summed E-state index contributed by atoms with van der Waals surface area (Å²) in [5.74, 6) is -5.45. The van der Waals surface area contributed by atoms with Crippen molar-refractivity contribution in [1.82, 2.24) is 15.5 Å². The molecular weight excluding hydrogens is 550 g/mol. The second-order valence-electron chi connectivity index (χ2n) is 12.3. The smallest absolute Gasteiger partial charge is 0.471 e. The zero-order valence-electron chi connectivity index (χ0n) is 23.1. The quantitative estimate of drug-likeness (QED) is 0.441. The standard InChI is InChI=1S/C27H31F4N5O5/c1-25(2,3)20(35-24(40)27(29,30)31)23(39)36-11-14-18(26(14,4)5)19(36)22(38)33-13(10-32)9-17-21(37)34-15-7-6-12(28)8-16(15)41-17/h6-8,13-14,17-20H,9,11H2,1-5H3,(H,33,38)(H,34,37)(H,35,40)/t13-,14-,17-,18-,19-,20+/m0/s1. The normalized spacial score (nSPS) is 25.9. The topological polar surface area (TPSA) is 141 Å². The highest BCUT2D eigenvalue weighted by molar-refractivity contribution is 5.98. The van der Waals surface area contributed by atoms with Crippen LogP contribution in [-0.2, 0) is 19.2 Å². The molecule has 6 atom stereocenters. The minimum atomic E-state index is -5.21. The number of hydrogen-bond acceptors (Lipinski definition) is 6. The van der Waals surface area contributed by atoms with Crippen molar-refractivity contribution in [3.05, 3.63) is 24.0 Å². The van der Waals surface area contributed by atoms with Crippen LogP contribution in [0.3, 0.4) is 0 Å². The summed E-state index contributed by atoms with van der Waals surface area (Å²) >= 11 is 0. The van der Waals surface area contributed by atoms with Crippen LogP contribution in [0.4, 0.5) is 23.2 Å². The lowest BCUT2D eigenvalue weighted by Crippen LogP contribution is -2.61. The minimum Gasteiger partial charge on any atom is -0.478 e. The Morgan fingerprint density at radius 2 is 1.88 bits per heavy atom. The molecule has 1 aliphatic carbocycles. The lowest BCUT2D eigenvalue weighted by Gasteiger charge is -2.38. The zero-order valence-corrected chi connectivity index (χ0v) is 23.1. The van der Waals surface area contributed by atoms with Gasteiger partial charge in [0.15, 0.2) is 6.10 Å². The first kappa shape index (κ1) is 30.1. The molecule has 2 fully saturated rings. The largest absolute Gasteiger partial charge is 0.478 e. The summed E-state index contributed by atoms with van der Waals surface area (Å²) in [4.78, 5) is 52.6. The first-order valence-corrected chi connectivity index (χ1v) is 13.0. The van der Waals surface area contributed by atoms with Crippen molar-refractivity contribution >= 4 is 29.3 Å². The second kappa shape index (κ2) is 10.2. The predicted molar refractivity (Wildman–Crippen MR) is 135 cm³/mol. The van der Waals surface area contributed by atoms with Gasteiger partial charge in [-0.15, -0.1) is 0 Å². The van der Waals surface area contributed by atoms with E-state index in [2.05, 4.69) is 10.6 Å². The molecule has 1 saturated heterocycles. The molecule has 2 aliphatic heterocycles. The molecule has 4 rings (SSSR count).